The van der Waals surface area contributed by atoms with Gasteiger partial charge in [-0.05, 0) is 37.4 Å². The molecule has 2 heterocycles. The van der Waals surface area contributed by atoms with E-state index in [1.807, 2.05) is 30.6 Å². The Kier molecular flexibility index (Phi) is 4.23. The molecule has 3 rings (SSSR count). The molecular weight excluding hydrogens is 248 g/mol. The fraction of sp³-hybridized carbons (Fsp3) is 0.375. The quantitative estimate of drug-likeness (QED) is 0.894. The van der Waals surface area contributed by atoms with Crippen molar-refractivity contribution in [1.29, 1.82) is 0 Å². The van der Waals surface area contributed by atoms with Crippen molar-refractivity contribution in [3.63, 3.8) is 0 Å². The fourth-order valence-electron chi connectivity index (χ4n) is 2.53. The Balaban J connectivity index is 1.58. The van der Waals surface area contributed by atoms with Crippen LogP contribution < -0.4 is 10.6 Å². The monoisotopic (exact) mass is 268 g/mol. The van der Waals surface area contributed by atoms with Crippen LogP contribution >= 0.6 is 0 Å². The van der Waals surface area contributed by atoms with Crippen molar-refractivity contribution in [2.45, 2.75) is 12.8 Å². The molecule has 104 valence electrons. The highest BCUT2D eigenvalue weighted by atomic mass is 15.1. The number of nitrogens with zero attached hydrogens (tertiary/aromatic N) is 2. The minimum atomic E-state index is 0.682. The summed E-state index contributed by atoms with van der Waals surface area (Å²) >= 11 is 0. The number of anilines is 1. The minimum absolute atomic E-state index is 0.682. The number of hydrogen-bond acceptors (Lipinski definition) is 4. The molecular formula is C16H20N4. The lowest BCUT2D eigenvalue weighted by atomic mass is 10.00. The van der Waals surface area contributed by atoms with Crippen LogP contribution in [0.3, 0.4) is 0 Å². The molecule has 20 heavy (non-hydrogen) atoms. The number of aromatic nitrogens is 2. The average molecular weight is 268 g/mol. The predicted molar refractivity (Wildman–Crippen MR) is 81.6 cm³/mol. The number of hydrogen-bond donors (Lipinski definition) is 2. The van der Waals surface area contributed by atoms with E-state index in [1.165, 1.54) is 12.8 Å². The Hall–Kier alpha value is -1.94. The second-order valence-corrected chi connectivity index (χ2v) is 5.25. The van der Waals surface area contributed by atoms with Gasteiger partial charge in [0.2, 0.25) is 5.95 Å². The topological polar surface area (TPSA) is 49.8 Å². The molecule has 0 aliphatic carbocycles. The van der Waals surface area contributed by atoms with Gasteiger partial charge in [0, 0.05) is 24.5 Å². The number of nitrogens with one attached hydrogen (secondary N) is 2. The molecule has 1 fully saturated rings. The van der Waals surface area contributed by atoms with Gasteiger partial charge in [-0.15, -0.1) is 0 Å². The molecule has 4 nitrogen and oxygen atoms in total. The van der Waals surface area contributed by atoms with Crippen LogP contribution in [0, 0.1) is 5.92 Å². The second-order valence-electron chi connectivity index (χ2n) is 5.25. The van der Waals surface area contributed by atoms with Crippen LogP contribution in [0.25, 0.3) is 11.1 Å². The molecule has 4 heteroatoms. The van der Waals surface area contributed by atoms with Crippen molar-refractivity contribution < 1.29 is 0 Å². The zero-order valence-corrected chi connectivity index (χ0v) is 11.5. The molecule has 1 aliphatic rings. The van der Waals surface area contributed by atoms with Crippen molar-refractivity contribution in [1.82, 2.24) is 15.3 Å². The van der Waals surface area contributed by atoms with Crippen LogP contribution in [0.15, 0.2) is 42.7 Å². The van der Waals surface area contributed by atoms with Crippen molar-refractivity contribution in [2.75, 3.05) is 25.0 Å². The summed E-state index contributed by atoms with van der Waals surface area (Å²) in [5.41, 5.74) is 2.20. The zero-order valence-electron chi connectivity index (χ0n) is 11.5. The molecule has 0 spiro atoms. The van der Waals surface area contributed by atoms with Gasteiger partial charge in [-0.3, -0.25) is 0 Å². The van der Waals surface area contributed by atoms with Crippen LogP contribution in [0.4, 0.5) is 5.95 Å². The largest absolute Gasteiger partial charge is 0.354 e. The van der Waals surface area contributed by atoms with Crippen LogP contribution in [0.5, 0.6) is 0 Å². The maximum Gasteiger partial charge on any atom is 0.222 e. The first-order chi connectivity index (χ1) is 9.92. The SMILES string of the molecule is c1ccc(-c2cnc(NCC3CCCNC3)nc2)cc1. The van der Waals surface area contributed by atoms with E-state index in [2.05, 4.69) is 32.7 Å². The van der Waals surface area contributed by atoms with Crippen LogP contribution in [0.1, 0.15) is 12.8 Å². The summed E-state index contributed by atoms with van der Waals surface area (Å²) in [7, 11) is 0. The molecule has 1 unspecified atom stereocenters. The van der Waals surface area contributed by atoms with E-state index in [0.29, 0.717) is 5.92 Å². The summed E-state index contributed by atoms with van der Waals surface area (Å²) in [6.45, 7) is 3.19. The lowest BCUT2D eigenvalue weighted by Gasteiger charge is -2.22. The molecule has 1 atom stereocenters. The summed E-state index contributed by atoms with van der Waals surface area (Å²) in [6, 6.07) is 10.2. The summed E-state index contributed by atoms with van der Waals surface area (Å²) in [5, 5.41) is 6.75. The average Bonchev–Trinajstić information content (AvgIpc) is 2.55. The van der Waals surface area contributed by atoms with Gasteiger partial charge in [0.05, 0.1) is 0 Å². The Morgan fingerprint density at radius 1 is 1.10 bits per heavy atom. The summed E-state index contributed by atoms with van der Waals surface area (Å²) in [4.78, 5) is 8.79. The van der Waals surface area contributed by atoms with Gasteiger partial charge >= 0.3 is 0 Å². The second kappa shape index (κ2) is 6.48. The molecule has 1 aromatic carbocycles. The molecule has 0 bridgehead atoms. The summed E-state index contributed by atoms with van der Waals surface area (Å²) in [5.74, 6) is 1.40. The first-order valence-corrected chi connectivity index (χ1v) is 7.24. The fourth-order valence-corrected chi connectivity index (χ4v) is 2.53. The minimum Gasteiger partial charge on any atom is -0.354 e. The number of benzene rings is 1. The molecule has 0 amide bonds. The third kappa shape index (κ3) is 3.33. The summed E-state index contributed by atoms with van der Waals surface area (Å²) < 4.78 is 0. The lowest BCUT2D eigenvalue weighted by Crippen LogP contribution is -2.33. The highest BCUT2D eigenvalue weighted by Gasteiger charge is 2.12. The number of rotatable bonds is 4. The Bertz CT molecular complexity index is 518. The van der Waals surface area contributed by atoms with Crippen LogP contribution in [-0.2, 0) is 0 Å². The maximum atomic E-state index is 4.40. The lowest BCUT2D eigenvalue weighted by molar-refractivity contribution is 0.392. The van der Waals surface area contributed by atoms with E-state index in [-0.39, 0.29) is 0 Å². The van der Waals surface area contributed by atoms with Gasteiger partial charge in [0.1, 0.15) is 0 Å². The normalized spacial score (nSPS) is 18.7. The van der Waals surface area contributed by atoms with Gasteiger partial charge in [0.25, 0.3) is 0 Å². The van der Waals surface area contributed by atoms with Gasteiger partial charge in [0.15, 0.2) is 0 Å². The van der Waals surface area contributed by atoms with Crippen LogP contribution in [0.2, 0.25) is 0 Å². The molecule has 2 aromatic rings. The van der Waals surface area contributed by atoms with Crippen molar-refractivity contribution >= 4 is 5.95 Å². The molecule has 1 aromatic heterocycles. The standard InChI is InChI=1S/C16H20N4/c1-2-6-14(7-3-1)15-11-19-16(20-12-15)18-10-13-5-4-8-17-9-13/h1-3,6-7,11-13,17H,4-5,8-10H2,(H,18,19,20). The summed E-state index contributed by atoms with van der Waals surface area (Å²) in [6.07, 6.45) is 6.30. The van der Waals surface area contributed by atoms with E-state index in [9.17, 15) is 0 Å². The number of piperidine rings is 1. The highest BCUT2D eigenvalue weighted by Crippen LogP contribution is 2.17. The first kappa shape index (κ1) is 13.1. The van der Waals surface area contributed by atoms with E-state index in [1.54, 1.807) is 0 Å². The van der Waals surface area contributed by atoms with Gasteiger partial charge in [-0.1, -0.05) is 30.3 Å². The predicted octanol–water partition coefficient (Wildman–Crippen LogP) is 2.56. The maximum absolute atomic E-state index is 4.40. The Morgan fingerprint density at radius 2 is 1.90 bits per heavy atom. The third-order valence-electron chi connectivity index (χ3n) is 3.71. The molecule has 0 radical (unpaired) electrons. The van der Waals surface area contributed by atoms with Gasteiger partial charge < -0.3 is 10.6 Å². The smallest absolute Gasteiger partial charge is 0.222 e. The molecule has 0 saturated carbocycles. The van der Waals surface area contributed by atoms with Crippen molar-refractivity contribution in [3.8, 4) is 11.1 Å². The molecule has 1 aliphatic heterocycles. The van der Waals surface area contributed by atoms with E-state index in [4.69, 9.17) is 0 Å². The molecule has 2 N–H and O–H groups in total. The van der Waals surface area contributed by atoms with Crippen molar-refractivity contribution in [3.05, 3.63) is 42.7 Å². The zero-order chi connectivity index (χ0) is 13.6. The Labute approximate surface area is 119 Å². The first-order valence-electron chi connectivity index (χ1n) is 7.24. The molecule has 1 saturated heterocycles. The third-order valence-corrected chi connectivity index (χ3v) is 3.71. The van der Waals surface area contributed by atoms with Gasteiger partial charge in [-0.2, -0.15) is 0 Å². The van der Waals surface area contributed by atoms with Gasteiger partial charge in [-0.25, -0.2) is 9.97 Å². The van der Waals surface area contributed by atoms with Crippen molar-refractivity contribution in [2.24, 2.45) is 5.92 Å². The van der Waals surface area contributed by atoms with E-state index >= 15 is 0 Å². The van der Waals surface area contributed by atoms with E-state index < -0.39 is 0 Å². The Morgan fingerprint density at radius 3 is 2.60 bits per heavy atom. The highest BCUT2D eigenvalue weighted by molar-refractivity contribution is 5.61. The van der Waals surface area contributed by atoms with E-state index in [0.717, 1.165) is 36.7 Å². The van der Waals surface area contributed by atoms with Crippen LogP contribution in [-0.4, -0.2) is 29.6 Å².